The molecular formula is C13H25ClN2O. The molecular weight excluding hydrogens is 236 g/mol. The van der Waals surface area contributed by atoms with Gasteiger partial charge in [0.1, 0.15) is 0 Å². The van der Waals surface area contributed by atoms with Gasteiger partial charge in [0, 0.05) is 25.0 Å². The zero-order valence-corrected chi connectivity index (χ0v) is 11.8. The van der Waals surface area contributed by atoms with Gasteiger partial charge in [-0.2, -0.15) is 0 Å². The zero-order valence-electron chi connectivity index (χ0n) is 10.9. The molecule has 0 aromatic rings. The number of amides is 1. The summed E-state index contributed by atoms with van der Waals surface area (Å²) in [6.45, 7) is 6.52. The second kappa shape index (κ2) is 6.60. The van der Waals surface area contributed by atoms with E-state index in [2.05, 4.69) is 24.1 Å². The van der Waals surface area contributed by atoms with Crippen molar-refractivity contribution >= 4 is 18.3 Å². The lowest BCUT2D eigenvalue weighted by atomic mass is 10.0. The van der Waals surface area contributed by atoms with E-state index in [9.17, 15) is 4.79 Å². The van der Waals surface area contributed by atoms with Crippen molar-refractivity contribution in [2.45, 2.75) is 58.0 Å². The van der Waals surface area contributed by atoms with Crippen LogP contribution in [0.5, 0.6) is 0 Å². The van der Waals surface area contributed by atoms with Crippen LogP contribution in [0.25, 0.3) is 0 Å². The van der Waals surface area contributed by atoms with E-state index < -0.39 is 0 Å². The Balaban J connectivity index is 0.00000144. The Hall–Kier alpha value is -0.280. The lowest BCUT2D eigenvalue weighted by molar-refractivity contribution is -0.133. The number of rotatable bonds is 3. The highest BCUT2D eigenvalue weighted by molar-refractivity contribution is 5.85. The fourth-order valence-electron chi connectivity index (χ4n) is 3.05. The maximum Gasteiger partial charge on any atom is 0.224 e. The Labute approximate surface area is 111 Å². The van der Waals surface area contributed by atoms with E-state index in [0.717, 1.165) is 13.1 Å². The molecule has 2 aliphatic heterocycles. The monoisotopic (exact) mass is 260 g/mol. The van der Waals surface area contributed by atoms with Crippen LogP contribution in [0, 0.1) is 5.92 Å². The van der Waals surface area contributed by atoms with Crippen LogP contribution >= 0.6 is 12.4 Å². The second-order valence-electron chi connectivity index (χ2n) is 5.54. The van der Waals surface area contributed by atoms with Crippen molar-refractivity contribution in [1.29, 1.82) is 0 Å². The smallest absolute Gasteiger partial charge is 0.224 e. The molecule has 2 rings (SSSR count). The Bertz CT molecular complexity index is 252. The van der Waals surface area contributed by atoms with Crippen molar-refractivity contribution in [3.63, 3.8) is 0 Å². The van der Waals surface area contributed by atoms with E-state index in [4.69, 9.17) is 0 Å². The van der Waals surface area contributed by atoms with Gasteiger partial charge in [0.2, 0.25) is 5.91 Å². The van der Waals surface area contributed by atoms with Gasteiger partial charge in [0.25, 0.3) is 0 Å². The van der Waals surface area contributed by atoms with Crippen LogP contribution in [0.1, 0.15) is 46.0 Å². The maximum atomic E-state index is 12.2. The lowest BCUT2D eigenvalue weighted by Crippen LogP contribution is -2.41. The summed E-state index contributed by atoms with van der Waals surface area (Å²) in [6.07, 6.45) is 5.49. The average Bonchev–Trinajstić information content (AvgIpc) is 2.86. The van der Waals surface area contributed by atoms with Crippen molar-refractivity contribution in [3.8, 4) is 0 Å². The minimum Gasteiger partial charge on any atom is -0.339 e. The van der Waals surface area contributed by atoms with E-state index in [1.165, 1.54) is 25.7 Å². The summed E-state index contributed by atoms with van der Waals surface area (Å²) < 4.78 is 0. The number of hydrogen-bond acceptors (Lipinski definition) is 2. The molecule has 4 heteroatoms. The van der Waals surface area contributed by atoms with Gasteiger partial charge in [-0.25, -0.2) is 0 Å². The van der Waals surface area contributed by atoms with Gasteiger partial charge < -0.3 is 10.2 Å². The first-order chi connectivity index (χ1) is 7.68. The van der Waals surface area contributed by atoms with Crippen molar-refractivity contribution in [2.75, 3.05) is 13.1 Å². The molecule has 2 saturated heterocycles. The van der Waals surface area contributed by atoms with E-state index in [-0.39, 0.29) is 12.4 Å². The predicted octanol–water partition coefficient (Wildman–Crippen LogP) is 2.20. The summed E-state index contributed by atoms with van der Waals surface area (Å²) >= 11 is 0. The molecule has 0 saturated carbocycles. The van der Waals surface area contributed by atoms with Gasteiger partial charge in [-0.1, -0.05) is 13.8 Å². The molecule has 0 spiro atoms. The zero-order chi connectivity index (χ0) is 11.5. The third kappa shape index (κ3) is 3.59. The summed E-state index contributed by atoms with van der Waals surface area (Å²) in [7, 11) is 0. The molecule has 100 valence electrons. The van der Waals surface area contributed by atoms with Crippen molar-refractivity contribution in [1.82, 2.24) is 10.2 Å². The lowest BCUT2D eigenvalue weighted by Gasteiger charge is -2.28. The number of carbonyl (C=O) groups is 1. The number of carbonyl (C=O) groups excluding carboxylic acids is 1. The highest BCUT2D eigenvalue weighted by Gasteiger charge is 2.31. The molecule has 0 aromatic heterocycles. The van der Waals surface area contributed by atoms with Crippen LogP contribution in [-0.2, 0) is 4.79 Å². The number of nitrogens with one attached hydrogen (secondary N) is 1. The molecule has 2 unspecified atom stereocenters. The SMILES string of the molecule is CC(C)C1CCCN1C(=O)CC1CCCN1.Cl. The van der Waals surface area contributed by atoms with Crippen LogP contribution in [0.2, 0.25) is 0 Å². The van der Waals surface area contributed by atoms with Crippen molar-refractivity contribution in [2.24, 2.45) is 5.92 Å². The van der Waals surface area contributed by atoms with Crippen LogP contribution in [0.15, 0.2) is 0 Å². The molecule has 2 aliphatic rings. The number of hydrogen-bond donors (Lipinski definition) is 1. The molecule has 1 amide bonds. The highest BCUT2D eigenvalue weighted by atomic mass is 35.5. The molecule has 1 N–H and O–H groups in total. The molecule has 0 aliphatic carbocycles. The Morgan fingerprint density at radius 2 is 2.12 bits per heavy atom. The molecule has 2 heterocycles. The minimum atomic E-state index is 0. The molecule has 2 atom stereocenters. The van der Waals surface area contributed by atoms with Gasteiger partial charge >= 0.3 is 0 Å². The van der Waals surface area contributed by atoms with Gasteiger partial charge in [-0.15, -0.1) is 12.4 Å². The summed E-state index contributed by atoms with van der Waals surface area (Å²) in [6, 6.07) is 0.940. The molecule has 17 heavy (non-hydrogen) atoms. The molecule has 0 radical (unpaired) electrons. The first-order valence-electron chi connectivity index (χ1n) is 6.71. The van der Waals surface area contributed by atoms with Crippen molar-refractivity contribution in [3.05, 3.63) is 0 Å². The highest BCUT2D eigenvalue weighted by Crippen LogP contribution is 2.25. The first kappa shape index (κ1) is 14.8. The minimum absolute atomic E-state index is 0. The van der Waals surface area contributed by atoms with Crippen molar-refractivity contribution < 1.29 is 4.79 Å². The van der Waals surface area contributed by atoms with Crippen LogP contribution in [0.4, 0.5) is 0 Å². The number of likely N-dealkylation sites (tertiary alicyclic amines) is 1. The maximum absolute atomic E-state index is 12.2. The van der Waals surface area contributed by atoms with Crippen LogP contribution < -0.4 is 5.32 Å². The summed E-state index contributed by atoms with van der Waals surface area (Å²) in [4.78, 5) is 14.3. The number of nitrogens with zero attached hydrogens (tertiary/aromatic N) is 1. The fraction of sp³-hybridized carbons (Fsp3) is 0.923. The third-order valence-electron chi connectivity index (χ3n) is 3.97. The third-order valence-corrected chi connectivity index (χ3v) is 3.97. The molecule has 3 nitrogen and oxygen atoms in total. The first-order valence-corrected chi connectivity index (χ1v) is 6.71. The van der Waals surface area contributed by atoms with Crippen LogP contribution in [-0.4, -0.2) is 36.0 Å². The predicted molar refractivity (Wildman–Crippen MR) is 72.5 cm³/mol. The number of halogens is 1. The van der Waals surface area contributed by atoms with Gasteiger partial charge in [0.15, 0.2) is 0 Å². The van der Waals surface area contributed by atoms with Gasteiger partial charge in [-0.3, -0.25) is 4.79 Å². The quantitative estimate of drug-likeness (QED) is 0.844. The molecule has 0 bridgehead atoms. The van der Waals surface area contributed by atoms with E-state index in [1.807, 2.05) is 0 Å². The fourth-order valence-corrected chi connectivity index (χ4v) is 3.05. The molecule has 0 aromatic carbocycles. The average molecular weight is 261 g/mol. The Morgan fingerprint density at radius 3 is 2.71 bits per heavy atom. The largest absolute Gasteiger partial charge is 0.339 e. The Morgan fingerprint density at radius 1 is 1.35 bits per heavy atom. The second-order valence-corrected chi connectivity index (χ2v) is 5.54. The van der Waals surface area contributed by atoms with E-state index >= 15 is 0 Å². The summed E-state index contributed by atoms with van der Waals surface area (Å²) in [5.41, 5.74) is 0. The summed E-state index contributed by atoms with van der Waals surface area (Å²) in [5, 5.41) is 3.41. The van der Waals surface area contributed by atoms with Crippen LogP contribution in [0.3, 0.4) is 0 Å². The molecule has 2 fully saturated rings. The standard InChI is InChI=1S/C13H24N2O.ClH/c1-10(2)12-6-4-8-15(12)13(16)9-11-5-3-7-14-11;/h10-12,14H,3-9H2,1-2H3;1H. The van der Waals surface area contributed by atoms with E-state index in [1.54, 1.807) is 0 Å². The van der Waals surface area contributed by atoms with Gasteiger partial charge in [0.05, 0.1) is 0 Å². The normalized spacial score (nSPS) is 28.5. The Kier molecular flexibility index (Phi) is 5.74. The van der Waals surface area contributed by atoms with Gasteiger partial charge in [-0.05, 0) is 38.1 Å². The van der Waals surface area contributed by atoms with E-state index in [0.29, 0.717) is 30.3 Å². The summed E-state index contributed by atoms with van der Waals surface area (Å²) in [5.74, 6) is 0.971. The topological polar surface area (TPSA) is 32.3 Å².